The lowest BCUT2D eigenvalue weighted by molar-refractivity contribution is 0.254. The van der Waals surface area contributed by atoms with Crippen molar-refractivity contribution in [2.24, 2.45) is 7.05 Å². The van der Waals surface area contributed by atoms with Gasteiger partial charge in [-0.3, -0.25) is 15.5 Å². The lowest BCUT2D eigenvalue weighted by Crippen LogP contribution is -2.34. The summed E-state index contributed by atoms with van der Waals surface area (Å²) in [7, 11) is 1.86. The molecule has 0 fully saturated rings. The zero-order valence-corrected chi connectivity index (χ0v) is 15.8. The van der Waals surface area contributed by atoms with E-state index in [9.17, 15) is 4.79 Å². The number of anilines is 2. The van der Waals surface area contributed by atoms with E-state index in [2.05, 4.69) is 40.1 Å². The lowest BCUT2D eigenvalue weighted by atomic mass is 10.00. The molecule has 2 amide bonds. The molecule has 3 N–H and O–H groups in total. The molecule has 0 radical (unpaired) electrons. The zero-order chi connectivity index (χ0) is 18.8. The van der Waals surface area contributed by atoms with Crippen molar-refractivity contribution in [3.63, 3.8) is 0 Å². The number of aryl methyl sites for hydroxylation is 2. The van der Waals surface area contributed by atoms with Gasteiger partial charge in [0.1, 0.15) is 5.82 Å². The van der Waals surface area contributed by atoms with Crippen molar-refractivity contribution in [3.8, 4) is 0 Å². The predicted octanol–water partition coefficient (Wildman–Crippen LogP) is 4.20. The van der Waals surface area contributed by atoms with E-state index in [0.29, 0.717) is 22.4 Å². The lowest BCUT2D eigenvalue weighted by Gasteiger charge is -2.13. The summed E-state index contributed by atoms with van der Waals surface area (Å²) in [6.45, 7) is 6.20. The highest BCUT2D eigenvalue weighted by Crippen LogP contribution is 2.28. The van der Waals surface area contributed by atoms with Crippen LogP contribution < -0.4 is 16.2 Å². The SMILES string of the molecule is Cc1nn(C)c2nc(NNC(=O)Nc3cccc(Cl)c3)cc(C(C)C)c12. The molecule has 26 heavy (non-hydrogen) atoms. The second kappa shape index (κ2) is 7.21. The summed E-state index contributed by atoms with van der Waals surface area (Å²) < 4.78 is 1.74. The van der Waals surface area contributed by atoms with Crippen LogP contribution in [-0.2, 0) is 7.05 Å². The molecule has 0 bridgehead atoms. The van der Waals surface area contributed by atoms with Crippen molar-refractivity contribution in [2.45, 2.75) is 26.7 Å². The number of hydrazine groups is 1. The van der Waals surface area contributed by atoms with Crippen molar-refractivity contribution in [3.05, 3.63) is 46.6 Å². The van der Waals surface area contributed by atoms with Crippen LogP contribution in [0.3, 0.4) is 0 Å². The molecule has 3 aromatic rings. The standard InChI is InChI=1S/C18H21ClN6O/c1-10(2)14-9-15(21-17-16(14)11(3)24-25(17)4)22-23-18(26)20-13-7-5-6-12(19)8-13/h5-10H,1-4H3,(H,21,22)(H2,20,23,26). The van der Waals surface area contributed by atoms with E-state index >= 15 is 0 Å². The average molecular weight is 373 g/mol. The monoisotopic (exact) mass is 372 g/mol. The molecule has 0 spiro atoms. The van der Waals surface area contributed by atoms with Crippen molar-refractivity contribution >= 4 is 40.2 Å². The number of carbonyl (C=O) groups is 1. The van der Waals surface area contributed by atoms with Crippen molar-refractivity contribution in [1.29, 1.82) is 0 Å². The van der Waals surface area contributed by atoms with E-state index in [1.54, 1.807) is 28.9 Å². The number of carbonyl (C=O) groups excluding carboxylic acids is 1. The number of hydrogen-bond acceptors (Lipinski definition) is 4. The molecule has 2 aromatic heterocycles. The van der Waals surface area contributed by atoms with Gasteiger partial charge in [-0.25, -0.2) is 9.78 Å². The Labute approximate surface area is 156 Å². The van der Waals surface area contributed by atoms with Gasteiger partial charge >= 0.3 is 6.03 Å². The summed E-state index contributed by atoms with van der Waals surface area (Å²) in [5.74, 6) is 0.842. The molecule has 0 aliphatic rings. The Balaban J connectivity index is 1.78. The molecular weight excluding hydrogens is 352 g/mol. The van der Waals surface area contributed by atoms with E-state index in [0.717, 1.165) is 22.3 Å². The van der Waals surface area contributed by atoms with Gasteiger partial charge in [-0.1, -0.05) is 31.5 Å². The maximum atomic E-state index is 12.1. The second-order valence-electron chi connectivity index (χ2n) is 6.37. The normalized spacial score (nSPS) is 11.0. The molecule has 2 heterocycles. The quantitative estimate of drug-likeness (QED) is 0.599. The number of aromatic nitrogens is 3. The molecule has 1 aromatic carbocycles. The molecule has 0 atom stereocenters. The predicted molar refractivity (Wildman–Crippen MR) is 105 cm³/mol. The Kier molecular flexibility index (Phi) is 4.99. The van der Waals surface area contributed by atoms with Gasteiger partial charge in [0.2, 0.25) is 0 Å². The topological polar surface area (TPSA) is 83.9 Å². The minimum atomic E-state index is -0.415. The Hall–Kier alpha value is -2.80. The number of fused-ring (bicyclic) bond motifs is 1. The van der Waals surface area contributed by atoms with Crippen LogP contribution in [0.25, 0.3) is 11.0 Å². The minimum absolute atomic E-state index is 0.296. The van der Waals surface area contributed by atoms with Crippen LogP contribution in [0.2, 0.25) is 5.02 Å². The molecule has 0 saturated carbocycles. The third-order valence-corrected chi connectivity index (χ3v) is 4.24. The maximum absolute atomic E-state index is 12.1. The summed E-state index contributed by atoms with van der Waals surface area (Å²) in [5, 5.41) is 8.75. The molecule has 0 aliphatic heterocycles. The summed E-state index contributed by atoms with van der Waals surface area (Å²) in [6, 6.07) is 8.44. The van der Waals surface area contributed by atoms with Gasteiger partial charge in [0, 0.05) is 23.1 Å². The second-order valence-corrected chi connectivity index (χ2v) is 6.81. The van der Waals surface area contributed by atoms with Crippen molar-refractivity contribution < 1.29 is 4.79 Å². The van der Waals surface area contributed by atoms with Crippen LogP contribution in [0.4, 0.5) is 16.3 Å². The first kappa shape index (κ1) is 18.0. The number of pyridine rings is 1. The summed E-state index contributed by atoms with van der Waals surface area (Å²) >= 11 is 5.91. The van der Waals surface area contributed by atoms with Gasteiger partial charge in [0.05, 0.1) is 5.69 Å². The fourth-order valence-corrected chi connectivity index (χ4v) is 3.04. The third-order valence-electron chi connectivity index (χ3n) is 4.01. The van der Waals surface area contributed by atoms with Crippen LogP contribution in [0.15, 0.2) is 30.3 Å². The fraction of sp³-hybridized carbons (Fsp3) is 0.278. The highest BCUT2D eigenvalue weighted by molar-refractivity contribution is 6.30. The van der Waals surface area contributed by atoms with E-state index in [1.165, 1.54) is 0 Å². The first-order chi connectivity index (χ1) is 12.3. The molecule has 0 aliphatic carbocycles. The zero-order valence-electron chi connectivity index (χ0n) is 15.1. The van der Waals surface area contributed by atoms with Crippen LogP contribution in [0.1, 0.15) is 31.0 Å². The van der Waals surface area contributed by atoms with E-state index < -0.39 is 6.03 Å². The average Bonchev–Trinajstić information content (AvgIpc) is 2.86. The Bertz CT molecular complexity index is 966. The van der Waals surface area contributed by atoms with Gasteiger partial charge in [-0.15, -0.1) is 0 Å². The highest BCUT2D eigenvalue weighted by atomic mass is 35.5. The van der Waals surface area contributed by atoms with Gasteiger partial charge in [-0.2, -0.15) is 5.10 Å². The van der Waals surface area contributed by atoms with E-state index in [-0.39, 0.29) is 0 Å². The third kappa shape index (κ3) is 3.72. The summed E-state index contributed by atoms with van der Waals surface area (Å²) in [5.41, 5.74) is 8.89. The number of urea groups is 1. The molecule has 7 nitrogen and oxygen atoms in total. The van der Waals surface area contributed by atoms with Gasteiger partial charge in [0.15, 0.2) is 5.65 Å². The van der Waals surface area contributed by atoms with E-state index in [4.69, 9.17) is 11.6 Å². The van der Waals surface area contributed by atoms with E-state index in [1.807, 2.05) is 20.0 Å². The Morgan fingerprint density at radius 1 is 1.27 bits per heavy atom. The van der Waals surface area contributed by atoms with Crippen molar-refractivity contribution in [2.75, 3.05) is 10.7 Å². The summed E-state index contributed by atoms with van der Waals surface area (Å²) in [6.07, 6.45) is 0. The molecular formula is C18H21ClN6O. The number of rotatable bonds is 4. The first-order valence-corrected chi connectivity index (χ1v) is 8.65. The fourth-order valence-electron chi connectivity index (χ4n) is 2.85. The molecule has 0 unspecified atom stereocenters. The number of hydrogen-bond donors (Lipinski definition) is 3. The summed E-state index contributed by atoms with van der Waals surface area (Å²) in [4.78, 5) is 16.6. The van der Waals surface area contributed by atoms with Crippen LogP contribution in [0, 0.1) is 6.92 Å². The van der Waals surface area contributed by atoms with Gasteiger partial charge < -0.3 is 5.32 Å². The number of benzene rings is 1. The molecule has 136 valence electrons. The smallest absolute Gasteiger partial charge is 0.307 e. The van der Waals surface area contributed by atoms with Crippen LogP contribution >= 0.6 is 11.6 Å². The van der Waals surface area contributed by atoms with Gasteiger partial charge in [0.25, 0.3) is 0 Å². The number of amides is 2. The number of nitrogens with zero attached hydrogens (tertiary/aromatic N) is 3. The Morgan fingerprint density at radius 2 is 2.04 bits per heavy atom. The van der Waals surface area contributed by atoms with Crippen LogP contribution in [-0.4, -0.2) is 20.8 Å². The number of nitrogens with one attached hydrogen (secondary N) is 3. The molecule has 8 heteroatoms. The molecule has 3 rings (SSSR count). The highest BCUT2D eigenvalue weighted by Gasteiger charge is 2.15. The molecule has 0 saturated heterocycles. The first-order valence-electron chi connectivity index (χ1n) is 8.28. The van der Waals surface area contributed by atoms with Crippen molar-refractivity contribution in [1.82, 2.24) is 20.2 Å². The largest absolute Gasteiger partial charge is 0.337 e. The Morgan fingerprint density at radius 3 is 2.73 bits per heavy atom. The maximum Gasteiger partial charge on any atom is 0.337 e. The van der Waals surface area contributed by atoms with Gasteiger partial charge in [-0.05, 0) is 42.7 Å². The van der Waals surface area contributed by atoms with Crippen LogP contribution in [0.5, 0.6) is 0 Å². The minimum Gasteiger partial charge on any atom is -0.307 e. The number of halogens is 1.